The number of methoxy groups -OCH3 is 1. The maximum absolute atomic E-state index is 11.9. The zero-order valence-electron chi connectivity index (χ0n) is 11.4. The van der Waals surface area contributed by atoms with Crippen molar-refractivity contribution >= 4 is 11.7 Å². The molecule has 1 heterocycles. The summed E-state index contributed by atoms with van der Waals surface area (Å²) in [6, 6.07) is 4.59. The molecule has 2 aromatic rings. The number of hydrogen-bond donors (Lipinski definition) is 0. The van der Waals surface area contributed by atoms with E-state index in [9.17, 15) is 14.9 Å². The smallest absolute Gasteiger partial charge is 0.338 e. The number of hydrogen-bond acceptors (Lipinski definition) is 5. The van der Waals surface area contributed by atoms with Crippen molar-refractivity contribution in [3.63, 3.8) is 0 Å². The fourth-order valence-corrected chi connectivity index (χ4v) is 2.19. The van der Waals surface area contributed by atoms with Crippen LogP contribution in [0.2, 0.25) is 0 Å². The lowest BCUT2D eigenvalue weighted by molar-refractivity contribution is -0.384. The van der Waals surface area contributed by atoms with Gasteiger partial charge in [0.1, 0.15) is 0 Å². The summed E-state index contributed by atoms with van der Waals surface area (Å²) in [6.45, 7) is 0. The molecule has 1 aromatic heterocycles. The molecule has 0 spiro atoms. The lowest BCUT2D eigenvalue weighted by atomic mass is 10.0. The molecule has 0 bridgehead atoms. The van der Waals surface area contributed by atoms with Gasteiger partial charge < -0.3 is 4.74 Å². The molecule has 1 aliphatic carbocycles. The van der Waals surface area contributed by atoms with E-state index in [0.717, 1.165) is 18.4 Å². The highest BCUT2D eigenvalue weighted by Crippen LogP contribution is 2.36. The molecular formula is C14H13N3O4. The first kappa shape index (κ1) is 13.3. The first-order valence-corrected chi connectivity index (χ1v) is 6.51. The second-order valence-corrected chi connectivity index (χ2v) is 4.92. The van der Waals surface area contributed by atoms with E-state index in [1.54, 1.807) is 12.3 Å². The van der Waals surface area contributed by atoms with E-state index in [1.165, 1.54) is 19.2 Å². The number of aromatic nitrogens is 2. The third-order valence-electron chi connectivity index (χ3n) is 3.45. The van der Waals surface area contributed by atoms with Crippen LogP contribution in [0.1, 0.15) is 29.2 Å². The quantitative estimate of drug-likeness (QED) is 0.490. The lowest BCUT2D eigenvalue weighted by Crippen LogP contribution is -2.04. The zero-order chi connectivity index (χ0) is 15.0. The Morgan fingerprint density at radius 3 is 2.86 bits per heavy atom. The first-order chi connectivity index (χ1) is 10.1. The Morgan fingerprint density at radius 2 is 2.24 bits per heavy atom. The van der Waals surface area contributed by atoms with Crippen molar-refractivity contribution < 1.29 is 14.5 Å². The summed E-state index contributed by atoms with van der Waals surface area (Å²) < 4.78 is 6.57. The molecule has 1 saturated carbocycles. The van der Waals surface area contributed by atoms with Crippen molar-refractivity contribution in [3.8, 4) is 11.1 Å². The Hall–Kier alpha value is -2.70. The molecule has 0 N–H and O–H groups in total. The Bertz CT molecular complexity index is 719. The maximum Gasteiger partial charge on any atom is 0.338 e. The van der Waals surface area contributed by atoms with Crippen LogP contribution in [0, 0.1) is 10.1 Å². The van der Waals surface area contributed by atoms with Crippen LogP contribution in [0.15, 0.2) is 30.6 Å². The molecule has 0 aliphatic heterocycles. The maximum atomic E-state index is 11.9. The van der Waals surface area contributed by atoms with E-state index in [2.05, 4.69) is 5.10 Å². The van der Waals surface area contributed by atoms with Crippen LogP contribution >= 0.6 is 0 Å². The summed E-state index contributed by atoms with van der Waals surface area (Å²) in [6.07, 6.45) is 5.72. The third kappa shape index (κ3) is 2.49. The molecular weight excluding hydrogens is 274 g/mol. The van der Waals surface area contributed by atoms with Crippen molar-refractivity contribution in [1.82, 2.24) is 9.78 Å². The first-order valence-electron chi connectivity index (χ1n) is 6.51. The average Bonchev–Trinajstić information content (AvgIpc) is 3.23. The molecule has 3 rings (SSSR count). The highest BCUT2D eigenvalue weighted by atomic mass is 16.6. The van der Waals surface area contributed by atoms with Gasteiger partial charge in [0, 0.05) is 23.9 Å². The van der Waals surface area contributed by atoms with Gasteiger partial charge in [-0.3, -0.25) is 14.8 Å². The Labute approximate surface area is 120 Å². The highest BCUT2D eigenvalue weighted by molar-refractivity contribution is 5.97. The standard InChI is InChI=1S/C14H13N3O4/c1-21-14(18)13-6-11(17(19)20)4-5-12(13)9-7-15-16(8-9)10-2-3-10/h4-8,10H,2-3H2,1H3. The number of carbonyl (C=O) groups excluding carboxylic acids is 1. The molecule has 108 valence electrons. The fourth-order valence-electron chi connectivity index (χ4n) is 2.19. The molecule has 1 aromatic carbocycles. The van der Waals surface area contributed by atoms with E-state index < -0.39 is 10.9 Å². The van der Waals surface area contributed by atoms with Crippen molar-refractivity contribution in [3.05, 3.63) is 46.3 Å². The Kier molecular flexibility index (Phi) is 3.17. The zero-order valence-corrected chi connectivity index (χ0v) is 11.4. The summed E-state index contributed by atoms with van der Waals surface area (Å²) in [5, 5.41) is 15.1. The molecule has 0 radical (unpaired) electrons. The minimum absolute atomic E-state index is 0.145. The summed E-state index contributed by atoms with van der Waals surface area (Å²) in [4.78, 5) is 22.2. The van der Waals surface area contributed by atoms with Crippen LogP contribution in [-0.2, 0) is 4.74 Å². The van der Waals surface area contributed by atoms with Gasteiger partial charge in [-0.1, -0.05) is 0 Å². The summed E-state index contributed by atoms with van der Waals surface area (Å²) in [5.74, 6) is -0.604. The predicted molar refractivity (Wildman–Crippen MR) is 73.9 cm³/mol. The fraction of sp³-hybridized carbons (Fsp3) is 0.286. The molecule has 0 saturated heterocycles. The van der Waals surface area contributed by atoms with E-state index >= 15 is 0 Å². The largest absolute Gasteiger partial charge is 0.465 e. The van der Waals surface area contributed by atoms with Crippen LogP contribution in [0.4, 0.5) is 5.69 Å². The van der Waals surface area contributed by atoms with Crippen molar-refractivity contribution in [2.45, 2.75) is 18.9 Å². The topological polar surface area (TPSA) is 87.3 Å². The van der Waals surface area contributed by atoms with Gasteiger partial charge in [0.2, 0.25) is 0 Å². The monoisotopic (exact) mass is 287 g/mol. The number of non-ortho nitro benzene ring substituents is 1. The molecule has 0 unspecified atom stereocenters. The number of ether oxygens (including phenoxy) is 1. The summed E-state index contributed by atoms with van der Waals surface area (Å²) in [5.41, 5.74) is 1.35. The predicted octanol–water partition coefficient (Wildman–Crippen LogP) is 2.58. The van der Waals surface area contributed by atoms with Crippen LogP contribution in [0.25, 0.3) is 11.1 Å². The molecule has 0 amide bonds. The van der Waals surface area contributed by atoms with Gasteiger partial charge in [-0.25, -0.2) is 4.79 Å². The summed E-state index contributed by atoms with van der Waals surface area (Å²) >= 11 is 0. The second kappa shape index (κ2) is 5.01. The highest BCUT2D eigenvalue weighted by Gasteiger charge is 2.25. The van der Waals surface area contributed by atoms with Gasteiger partial charge in [0.15, 0.2) is 0 Å². The molecule has 7 heteroatoms. The minimum atomic E-state index is -0.604. The van der Waals surface area contributed by atoms with Crippen LogP contribution in [0.3, 0.4) is 0 Å². The molecule has 1 fully saturated rings. The third-order valence-corrected chi connectivity index (χ3v) is 3.45. The number of esters is 1. The minimum Gasteiger partial charge on any atom is -0.465 e. The number of rotatable bonds is 4. The Morgan fingerprint density at radius 1 is 1.48 bits per heavy atom. The number of carbonyl (C=O) groups is 1. The summed E-state index contributed by atoms with van der Waals surface area (Å²) in [7, 11) is 1.25. The molecule has 7 nitrogen and oxygen atoms in total. The van der Waals surface area contributed by atoms with E-state index in [4.69, 9.17) is 4.74 Å². The van der Waals surface area contributed by atoms with E-state index in [0.29, 0.717) is 11.6 Å². The van der Waals surface area contributed by atoms with E-state index in [-0.39, 0.29) is 11.3 Å². The van der Waals surface area contributed by atoms with Gasteiger partial charge in [0.05, 0.1) is 29.8 Å². The van der Waals surface area contributed by atoms with Crippen molar-refractivity contribution in [2.75, 3.05) is 7.11 Å². The SMILES string of the molecule is COC(=O)c1cc([N+](=O)[O-])ccc1-c1cnn(C2CC2)c1. The van der Waals surface area contributed by atoms with Crippen LogP contribution in [0.5, 0.6) is 0 Å². The lowest BCUT2D eigenvalue weighted by Gasteiger charge is -2.06. The van der Waals surface area contributed by atoms with Crippen molar-refractivity contribution in [1.29, 1.82) is 0 Å². The van der Waals surface area contributed by atoms with Crippen LogP contribution in [-0.4, -0.2) is 27.8 Å². The van der Waals surface area contributed by atoms with E-state index in [1.807, 2.05) is 10.9 Å². The number of nitro groups is 1. The molecule has 21 heavy (non-hydrogen) atoms. The second-order valence-electron chi connectivity index (χ2n) is 4.92. The van der Waals surface area contributed by atoms with Gasteiger partial charge in [-0.2, -0.15) is 5.10 Å². The normalized spacial score (nSPS) is 14.0. The van der Waals surface area contributed by atoms with Gasteiger partial charge >= 0.3 is 5.97 Å². The van der Waals surface area contributed by atoms with Crippen LogP contribution < -0.4 is 0 Å². The molecule has 1 aliphatic rings. The van der Waals surface area contributed by atoms with Crippen molar-refractivity contribution in [2.24, 2.45) is 0 Å². The number of benzene rings is 1. The Balaban J connectivity index is 2.06. The van der Waals surface area contributed by atoms with Gasteiger partial charge in [-0.15, -0.1) is 0 Å². The van der Waals surface area contributed by atoms with Gasteiger partial charge in [-0.05, 0) is 24.5 Å². The van der Waals surface area contributed by atoms with Gasteiger partial charge in [0.25, 0.3) is 5.69 Å². The average molecular weight is 287 g/mol. The molecule has 0 atom stereocenters. The number of nitro benzene ring substituents is 1. The number of nitrogens with zero attached hydrogens (tertiary/aromatic N) is 3.